The fraction of sp³-hybridized carbons (Fsp3) is 0.205. The molecule has 0 fully saturated rings. The zero-order valence-electron chi connectivity index (χ0n) is 26.5. The highest BCUT2D eigenvalue weighted by Gasteiger charge is 2.33. The van der Waals surface area contributed by atoms with Crippen LogP contribution in [0.1, 0.15) is 73.1 Å². The molecule has 0 bridgehead atoms. The maximum atomic E-state index is 16.1. The Kier molecular flexibility index (Phi) is 8.17. The lowest BCUT2D eigenvalue weighted by Gasteiger charge is -2.26. The Labute approximate surface area is 268 Å². The van der Waals surface area contributed by atoms with E-state index in [0.717, 1.165) is 24.8 Å². The average molecular weight is 613 g/mol. The minimum Gasteiger partial charge on any atom is -0.456 e. The van der Waals surface area contributed by atoms with Crippen LogP contribution in [0.3, 0.4) is 0 Å². The summed E-state index contributed by atoms with van der Waals surface area (Å²) in [6.07, 6.45) is 3.16. The molecular weight excluding hydrogens is 575 g/mol. The highest BCUT2D eigenvalue weighted by molar-refractivity contribution is 6.29. The summed E-state index contributed by atoms with van der Waals surface area (Å²) >= 11 is 0. The molecule has 6 rings (SSSR count). The van der Waals surface area contributed by atoms with Crippen LogP contribution in [0, 0.1) is 16.6 Å². The van der Waals surface area contributed by atoms with Crippen molar-refractivity contribution < 1.29 is 13.9 Å². The van der Waals surface area contributed by atoms with Crippen molar-refractivity contribution in [3.63, 3.8) is 0 Å². The van der Waals surface area contributed by atoms with Gasteiger partial charge in [0.05, 0.1) is 0 Å². The van der Waals surface area contributed by atoms with E-state index in [1.807, 2.05) is 63.2 Å². The molecule has 5 aromatic carbocycles. The van der Waals surface area contributed by atoms with Gasteiger partial charge in [-0.3, -0.25) is 15.6 Å². The summed E-state index contributed by atoms with van der Waals surface area (Å²) in [5, 5.41) is 24.3. The molecule has 0 aliphatic carbocycles. The Morgan fingerprint density at radius 2 is 1.59 bits per heavy atom. The first-order valence-corrected chi connectivity index (χ1v) is 15.6. The van der Waals surface area contributed by atoms with Crippen LogP contribution in [0.25, 0.3) is 21.9 Å². The van der Waals surface area contributed by atoms with Gasteiger partial charge >= 0.3 is 0 Å². The molecule has 0 radical (unpaired) electrons. The van der Waals surface area contributed by atoms with Crippen LogP contribution in [-0.4, -0.2) is 17.6 Å². The Bertz CT molecular complexity index is 1980. The molecule has 0 saturated heterocycles. The van der Waals surface area contributed by atoms with Crippen LogP contribution in [-0.2, 0) is 11.8 Å². The maximum Gasteiger partial charge on any atom is 0.255 e. The van der Waals surface area contributed by atoms with E-state index in [2.05, 4.69) is 29.7 Å². The zero-order valence-corrected chi connectivity index (χ0v) is 26.5. The molecule has 1 amide bonds. The van der Waals surface area contributed by atoms with E-state index in [9.17, 15) is 4.79 Å². The Morgan fingerprint density at radius 3 is 2.24 bits per heavy atom. The fourth-order valence-electron chi connectivity index (χ4n) is 6.04. The Morgan fingerprint density at radius 1 is 0.891 bits per heavy atom. The lowest BCUT2D eigenvalue weighted by atomic mass is 9.81. The summed E-state index contributed by atoms with van der Waals surface area (Å²) in [5.41, 5.74) is 4.84. The van der Waals surface area contributed by atoms with Gasteiger partial charge in [0, 0.05) is 38.9 Å². The molecule has 0 spiro atoms. The third-order valence-electron chi connectivity index (χ3n) is 8.28. The number of para-hydroxylation sites is 1. The summed E-state index contributed by atoms with van der Waals surface area (Å²) in [6.45, 7) is 7.99. The third-order valence-corrected chi connectivity index (χ3v) is 8.28. The van der Waals surface area contributed by atoms with Crippen LogP contribution in [0.4, 0.5) is 10.1 Å². The van der Waals surface area contributed by atoms with Gasteiger partial charge < -0.3 is 15.4 Å². The second kappa shape index (κ2) is 12.2. The molecule has 232 valence electrons. The molecule has 1 aliphatic heterocycles. The first-order valence-electron chi connectivity index (χ1n) is 15.6. The summed E-state index contributed by atoms with van der Waals surface area (Å²) < 4.78 is 22.8. The molecule has 0 saturated carbocycles. The van der Waals surface area contributed by atoms with Crippen molar-refractivity contribution in [1.82, 2.24) is 5.32 Å². The number of carbonyl (C=O) groups excluding carboxylic acids is 1. The smallest absolute Gasteiger partial charge is 0.255 e. The number of fused-ring (bicyclic) bond motifs is 2. The molecule has 5 aromatic rings. The normalized spacial score (nSPS) is 12.6. The van der Waals surface area contributed by atoms with Crippen LogP contribution >= 0.6 is 0 Å². The van der Waals surface area contributed by atoms with Crippen molar-refractivity contribution in [1.29, 1.82) is 10.8 Å². The molecular formula is C39H37FN4O2. The second-order valence-corrected chi connectivity index (χ2v) is 12.7. The molecule has 0 atom stereocenters. The molecule has 4 N–H and O–H groups in total. The number of unbranched alkanes of at least 4 members (excludes halogenated alkanes) is 1. The number of nitrogens with one attached hydrogen (secondary N) is 4. The Balaban J connectivity index is 1.52. The van der Waals surface area contributed by atoms with Gasteiger partial charge in [-0.25, -0.2) is 4.39 Å². The summed E-state index contributed by atoms with van der Waals surface area (Å²) in [5.74, 6) is 0.350. The first-order chi connectivity index (χ1) is 22.0. The number of halogens is 1. The van der Waals surface area contributed by atoms with Crippen LogP contribution in [0.5, 0.6) is 11.5 Å². The number of amides is 1. The number of ether oxygens (including phenoxy) is 1. The second-order valence-electron chi connectivity index (χ2n) is 12.7. The van der Waals surface area contributed by atoms with Gasteiger partial charge in [0.25, 0.3) is 5.91 Å². The van der Waals surface area contributed by atoms with Crippen LogP contribution < -0.4 is 15.4 Å². The number of hydrogen-bond acceptors (Lipinski definition) is 4. The molecule has 0 aromatic heterocycles. The van der Waals surface area contributed by atoms with Crippen molar-refractivity contribution in [3.05, 3.63) is 125 Å². The SMILES string of the molecule is CCCCc1ccc(-c2c3c(cc4cc(F)c(C(C)(C)C)c(Oc5ccc(C(=O)Nc6ccccc6)cc5)c24)C(=N)NC3=N)cc1. The van der Waals surface area contributed by atoms with Crippen LogP contribution in [0.15, 0.2) is 91.0 Å². The van der Waals surface area contributed by atoms with E-state index in [1.54, 1.807) is 30.3 Å². The van der Waals surface area contributed by atoms with Crippen molar-refractivity contribution in [2.75, 3.05) is 5.32 Å². The van der Waals surface area contributed by atoms with Crippen LogP contribution in [0.2, 0.25) is 0 Å². The van der Waals surface area contributed by atoms with Crippen molar-refractivity contribution in [3.8, 4) is 22.6 Å². The number of carbonyl (C=O) groups is 1. The van der Waals surface area contributed by atoms with Gasteiger partial charge in [-0.2, -0.15) is 0 Å². The summed E-state index contributed by atoms with van der Waals surface area (Å²) in [6, 6.07) is 27.6. The molecule has 7 heteroatoms. The predicted molar refractivity (Wildman–Crippen MR) is 184 cm³/mol. The lowest BCUT2D eigenvalue weighted by molar-refractivity contribution is 0.102. The van der Waals surface area contributed by atoms with E-state index in [-0.39, 0.29) is 17.6 Å². The summed E-state index contributed by atoms with van der Waals surface area (Å²) in [4.78, 5) is 12.9. The van der Waals surface area contributed by atoms with Gasteiger partial charge in [-0.15, -0.1) is 0 Å². The number of amidine groups is 2. The van der Waals surface area contributed by atoms with Gasteiger partial charge in [-0.1, -0.05) is 76.6 Å². The molecule has 6 nitrogen and oxygen atoms in total. The van der Waals surface area contributed by atoms with E-state index < -0.39 is 11.2 Å². The quantitative estimate of drug-likeness (QED) is 0.140. The summed E-state index contributed by atoms with van der Waals surface area (Å²) in [7, 11) is 0. The largest absolute Gasteiger partial charge is 0.456 e. The number of anilines is 1. The maximum absolute atomic E-state index is 16.1. The molecule has 1 heterocycles. The number of hydrogen-bond donors (Lipinski definition) is 4. The van der Waals surface area contributed by atoms with Gasteiger partial charge in [-0.05, 0) is 83.3 Å². The van der Waals surface area contributed by atoms with Crippen molar-refractivity contribution in [2.24, 2.45) is 0 Å². The molecule has 46 heavy (non-hydrogen) atoms. The van der Waals surface area contributed by atoms with Gasteiger partial charge in [0.2, 0.25) is 0 Å². The molecule has 1 aliphatic rings. The number of rotatable bonds is 8. The van der Waals surface area contributed by atoms with E-state index in [1.165, 1.54) is 11.6 Å². The number of benzene rings is 5. The van der Waals surface area contributed by atoms with Crippen molar-refractivity contribution >= 4 is 34.0 Å². The third kappa shape index (κ3) is 5.88. The monoisotopic (exact) mass is 612 g/mol. The predicted octanol–water partition coefficient (Wildman–Crippen LogP) is 9.58. The first kappa shape index (κ1) is 30.7. The highest BCUT2D eigenvalue weighted by Crippen LogP contribution is 2.48. The number of aryl methyl sites for hydroxylation is 1. The minimum atomic E-state index is -0.637. The van der Waals surface area contributed by atoms with E-state index >= 15 is 4.39 Å². The van der Waals surface area contributed by atoms with E-state index in [0.29, 0.717) is 55.8 Å². The van der Waals surface area contributed by atoms with Crippen molar-refractivity contribution in [2.45, 2.75) is 52.4 Å². The zero-order chi connectivity index (χ0) is 32.6. The Hall–Kier alpha value is -5.30. The minimum absolute atomic E-state index is 0.106. The lowest BCUT2D eigenvalue weighted by Crippen LogP contribution is -2.20. The molecule has 0 unspecified atom stereocenters. The fourth-order valence-corrected chi connectivity index (χ4v) is 6.04. The van der Waals surface area contributed by atoms with Gasteiger partial charge in [0.15, 0.2) is 0 Å². The standard InChI is InChI=1S/C39H37FN4O2/c1-5-6-10-23-13-15-24(16-14-23)31-32-26(21-29-33(31)37(42)44-36(29)41)22-30(40)34(39(2,3)4)35(32)46-28-19-17-25(18-20-28)38(45)43-27-11-8-7-9-12-27/h7-9,11-22H,5-6,10H2,1-4H3,(H,43,45)(H3,41,42,44). The average Bonchev–Trinajstić information content (AvgIpc) is 3.31. The highest BCUT2D eigenvalue weighted by atomic mass is 19.1. The van der Waals surface area contributed by atoms with Gasteiger partial charge in [0.1, 0.15) is 29.0 Å². The topological polar surface area (TPSA) is 98.1 Å². The van der Waals surface area contributed by atoms with E-state index in [4.69, 9.17) is 15.6 Å².